The van der Waals surface area contributed by atoms with E-state index < -0.39 is 0 Å². The quantitative estimate of drug-likeness (QED) is 0.878. The first-order valence-corrected chi connectivity index (χ1v) is 8.62. The lowest BCUT2D eigenvalue weighted by Gasteiger charge is -2.24. The van der Waals surface area contributed by atoms with E-state index in [0.717, 1.165) is 22.5 Å². The fourth-order valence-corrected chi connectivity index (χ4v) is 3.28. The van der Waals surface area contributed by atoms with E-state index in [1.807, 2.05) is 45.2 Å². The van der Waals surface area contributed by atoms with Crippen LogP contribution >= 0.6 is 0 Å². The molecular formula is C19H24N4O2. The van der Waals surface area contributed by atoms with Crippen LogP contribution < -0.4 is 10.6 Å². The van der Waals surface area contributed by atoms with Crippen LogP contribution in [0.5, 0.6) is 0 Å². The van der Waals surface area contributed by atoms with Crippen molar-refractivity contribution < 1.29 is 9.59 Å². The second-order valence-electron chi connectivity index (χ2n) is 6.68. The molecule has 0 spiro atoms. The Morgan fingerprint density at radius 3 is 2.92 bits per heavy atom. The van der Waals surface area contributed by atoms with Crippen LogP contribution in [0.25, 0.3) is 0 Å². The van der Waals surface area contributed by atoms with Crippen molar-refractivity contribution in [2.75, 3.05) is 5.32 Å². The molecule has 6 nitrogen and oxygen atoms in total. The third-order valence-corrected chi connectivity index (χ3v) is 4.95. The van der Waals surface area contributed by atoms with Gasteiger partial charge in [-0.3, -0.25) is 14.3 Å². The maximum Gasteiger partial charge on any atom is 0.227 e. The topological polar surface area (TPSA) is 76.0 Å². The van der Waals surface area contributed by atoms with Crippen molar-refractivity contribution in [3.8, 4) is 0 Å². The first-order chi connectivity index (χ1) is 12.0. The maximum absolute atomic E-state index is 12.3. The van der Waals surface area contributed by atoms with Gasteiger partial charge in [0.25, 0.3) is 0 Å². The van der Waals surface area contributed by atoms with Crippen molar-refractivity contribution in [1.82, 2.24) is 15.1 Å². The van der Waals surface area contributed by atoms with Gasteiger partial charge in [0.15, 0.2) is 0 Å². The fourth-order valence-electron chi connectivity index (χ4n) is 3.28. The van der Waals surface area contributed by atoms with E-state index in [9.17, 15) is 9.59 Å². The van der Waals surface area contributed by atoms with E-state index in [-0.39, 0.29) is 23.8 Å². The van der Waals surface area contributed by atoms with Crippen LogP contribution in [0.3, 0.4) is 0 Å². The van der Waals surface area contributed by atoms with Crippen LogP contribution in [0.4, 0.5) is 5.69 Å². The lowest BCUT2D eigenvalue weighted by Crippen LogP contribution is -2.32. The number of carbonyl (C=O) groups excluding carboxylic acids is 2. The van der Waals surface area contributed by atoms with Crippen LogP contribution in [-0.4, -0.2) is 21.6 Å². The van der Waals surface area contributed by atoms with E-state index in [2.05, 4.69) is 15.7 Å². The second-order valence-corrected chi connectivity index (χ2v) is 6.68. The van der Waals surface area contributed by atoms with Gasteiger partial charge in [-0.05, 0) is 38.3 Å². The highest BCUT2D eigenvalue weighted by atomic mass is 16.2. The number of nitrogens with one attached hydrogen (secondary N) is 2. The number of benzene rings is 1. The molecular weight excluding hydrogens is 316 g/mol. The molecule has 0 bridgehead atoms. The summed E-state index contributed by atoms with van der Waals surface area (Å²) < 4.78 is 1.79. The molecule has 0 saturated heterocycles. The number of hydrogen-bond acceptors (Lipinski definition) is 3. The van der Waals surface area contributed by atoms with E-state index >= 15 is 0 Å². The molecule has 25 heavy (non-hydrogen) atoms. The summed E-state index contributed by atoms with van der Waals surface area (Å²) in [6.07, 6.45) is 3.35. The molecule has 0 aliphatic carbocycles. The Labute approximate surface area is 147 Å². The Bertz CT molecular complexity index is 796. The third kappa shape index (κ3) is 3.73. The number of para-hydroxylation sites is 1. The zero-order chi connectivity index (χ0) is 18.0. The molecule has 2 heterocycles. The van der Waals surface area contributed by atoms with E-state index in [1.165, 1.54) is 0 Å². The normalized spacial score (nSPS) is 17.6. The van der Waals surface area contributed by atoms with Gasteiger partial charge in [0.2, 0.25) is 11.8 Å². The number of aromatic nitrogens is 2. The average Bonchev–Trinajstić information content (AvgIpc) is 2.92. The summed E-state index contributed by atoms with van der Waals surface area (Å²) in [6.45, 7) is 3.93. The number of aryl methyl sites for hydroxylation is 1. The van der Waals surface area contributed by atoms with E-state index in [1.54, 1.807) is 10.9 Å². The summed E-state index contributed by atoms with van der Waals surface area (Å²) in [4.78, 5) is 24.5. The van der Waals surface area contributed by atoms with Gasteiger partial charge >= 0.3 is 0 Å². The van der Waals surface area contributed by atoms with Crippen molar-refractivity contribution >= 4 is 17.5 Å². The van der Waals surface area contributed by atoms with Crippen LogP contribution in [-0.2, 0) is 23.1 Å². The van der Waals surface area contributed by atoms with Crippen molar-refractivity contribution in [3.63, 3.8) is 0 Å². The third-order valence-electron chi connectivity index (χ3n) is 4.95. The van der Waals surface area contributed by atoms with Crippen LogP contribution in [0.1, 0.15) is 42.6 Å². The highest BCUT2D eigenvalue weighted by Crippen LogP contribution is 2.27. The number of rotatable bonds is 5. The molecule has 1 aromatic carbocycles. The van der Waals surface area contributed by atoms with Crippen molar-refractivity contribution in [3.05, 3.63) is 47.3 Å². The SMILES string of the molecule is Cc1c([C@@H](C)NC(=O)CC[C@@H]2Cc3ccccc3NC2=O)cnn1C. The summed E-state index contributed by atoms with van der Waals surface area (Å²) in [5.41, 5.74) is 4.07. The highest BCUT2D eigenvalue weighted by Gasteiger charge is 2.26. The molecule has 1 aromatic heterocycles. The van der Waals surface area contributed by atoms with Gasteiger partial charge in [-0.2, -0.15) is 5.10 Å². The molecule has 132 valence electrons. The maximum atomic E-state index is 12.3. The molecule has 2 amide bonds. The summed E-state index contributed by atoms with van der Waals surface area (Å²) in [5.74, 6) is -0.193. The molecule has 2 aromatic rings. The minimum atomic E-state index is -0.156. The smallest absolute Gasteiger partial charge is 0.227 e. The predicted octanol–water partition coefficient (Wildman–Crippen LogP) is 2.50. The average molecular weight is 340 g/mol. The minimum absolute atomic E-state index is 0.00246. The summed E-state index contributed by atoms with van der Waals surface area (Å²) in [6, 6.07) is 7.72. The Balaban J connectivity index is 1.54. The Hall–Kier alpha value is -2.63. The number of amides is 2. The lowest BCUT2D eigenvalue weighted by molar-refractivity contribution is -0.123. The first-order valence-electron chi connectivity index (χ1n) is 8.62. The zero-order valence-electron chi connectivity index (χ0n) is 14.9. The summed E-state index contributed by atoms with van der Waals surface area (Å²) in [5, 5.41) is 10.1. The van der Waals surface area contributed by atoms with Crippen molar-refractivity contribution in [2.24, 2.45) is 13.0 Å². The first kappa shape index (κ1) is 17.2. The van der Waals surface area contributed by atoms with Gasteiger partial charge < -0.3 is 10.6 Å². The summed E-state index contributed by atoms with van der Waals surface area (Å²) >= 11 is 0. The van der Waals surface area contributed by atoms with Gasteiger partial charge in [-0.1, -0.05) is 18.2 Å². The molecule has 0 radical (unpaired) electrons. The minimum Gasteiger partial charge on any atom is -0.349 e. The molecule has 0 saturated carbocycles. The van der Waals surface area contributed by atoms with Gasteiger partial charge in [-0.15, -0.1) is 0 Å². The van der Waals surface area contributed by atoms with Crippen LogP contribution in [0.15, 0.2) is 30.5 Å². The lowest BCUT2D eigenvalue weighted by atomic mass is 9.89. The second kappa shape index (κ2) is 7.09. The van der Waals surface area contributed by atoms with Crippen LogP contribution in [0, 0.1) is 12.8 Å². The molecule has 0 unspecified atom stereocenters. The number of anilines is 1. The van der Waals surface area contributed by atoms with Gasteiger partial charge in [0.1, 0.15) is 0 Å². The highest BCUT2D eigenvalue weighted by molar-refractivity contribution is 5.96. The molecule has 3 rings (SSSR count). The standard InChI is InChI=1S/C19H24N4O2/c1-12(16-11-20-23(3)13(16)2)21-18(24)9-8-15-10-14-6-4-5-7-17(14)22-19(15)25/h4-7,11-12,15H,8-10H2,1-3H3,(H,21,24)(H,22,25)/t12-,15-/m1/s1. The van der Waals surface area contributed by atoms with E-state index in [4.69, 9.17) is 0 Å². The Kier molecular flexibility index (Phi) is 4.88. The Morgan fingerprint density at radius 1 is 1.44 bits per heavy atom. The molecule has 1 aliphatic rings. The monoisotopic (exact) mass is 340 g/mol. The molecule has 2 N–H and O–H groups in total. The summed E-state index contributed by atoms with van der Waals surface area (Å²) in [7, 11) is 1.88. The molecule has 6 heteroatoms. The number of carbonyl (C=O) groups is 2. The van der Waals surface area contributed by atoms with Gasteiger partial charge in [-0.25, -0.2) is 0 Å². The fraction of sp³-hybridized carbons (Fsp3) is 0.421. The molecule has 1 aliphatic heterocycles. The van der Waals surface area contributed by atoms with Gasteiger partial charge in [0.05, 0.1) is 12.2 Å². The molecule has 2 atom stereocenters. The van der Waals surface area contributed by atoms with E-state index in [0.29, 0.717) is 19.3 Å². The Morgan fingerprint density at radius 2 is 2.20 bits per heavy atom. The van der Waals surface area contributed by atoms with Crippen molar-refractivity contribution in [2.45, 2.75) is 39.2 Å². The largest absolute Gasteiger partial charge is 0.349 e. The zero-order valence-corrected chi connectivity index (χ0v) is 14.9. The van der Waals surface area contributed by atoms with Crippen molar-refractivity contribution in [1.29, 1.82) is 0 Å². The number of nitrogens with zero attached hydrogens (tertiary/aromatic N) is 2. The number of fused-ring (bicyclic) bond motifs is 1. The van der Waals surface area contributed by atoms with Gasteiger partial charge in [0, 0.05) is 36.3 Å². The number of hydrogen-bond donors (Lipinski definition) is 2. The molecule has 0 fully saturated rings. The predicted molar refractivity (Wildman–Crippen MR) is 96.0 cm³/mol. The van der Waals surface area contributed by atoms with Crippen LogP contribution in [0.2, 0.25) is 0 Å².